The first kappa shape index (κ1) is 12.8. The number of carbonyl (C=O) groups excluding carboxylic acids is 1. The molecule has 2 fully saturated rings. The van der Waals surface area contributed by atoms with Crippen LogP contribution in [0.4, 0.5) is 0 Å². The van der Waals surface area contributed by atoms with E-state index in [0.29, 0.717) is 6.04 Å². The van der Waals surface area contributed by atoms with Gasteiger partial charge in [0.2, 0.25) is 5.91 Å². The van der Waals surface area contributed by atoms with Crippen molar-refractivity contribution in [2.45, 2.75) is 50.6 Å². The van der Waals surface area contributed by atoms with Gasteiger partial charge in [0.25, 0.3) is 0 Å². The predicted molar refractivity (Wildman–Crippen MR) is 68.7 cm³/mol. The highest BCUT2D eigenvalue weighted by atomic mass is 16.2. The van der Waals surface area contributed by atoms with Crippen LogP contribution in [0.3, 0.4) is 0 Å². The molecule has 1 unspecified atom stereocenters. The number of likely N-dealkylation sites (N-methyl/N-ethyl adjacent to an activating group) is 1. The Balaban J connectivity index is 2.00. The van der Waals surface area contributed by atoms with Crippen molar-refractivity contribution in [1.82, 2.24) is 9.80 Å². The molecule has 1 saturated heterocycles. The molecule has 2 rings (SSSR count). The summed E-state index contributed by atoms with van der Waals surface area (Å²) in [5, 5.41) is 0. The van der Waals surface area contributed by atoms with Crippen LogP contribution in [0.1, 0.15) is 39.0 Å². The second-order valence-corrected chi connectivity index (χ2v) is 5.66. The third-order valence-electron chi connectivity index (χ3n) is 4.46. The van der Waals surface area contributed by atoms with Gasteiger partial charge in [0.15, 0.2) is 0 Å². The van der Waals surface area contributed by atoms with Crippen LogP contribution in [0.5, 0.6) is 0 Å². The van der Waals surface area contributed by atoms with Gasteiger partial charge in [0, 0.05) is 25.7 Å². The summed E-state index contributed by atoms with van der Waals surface area (Å²) in [5.41, 5.74) is 5.70. The van der Waals surface area contributed by atoms with Gasteiger partial charge in [0.1, 0.15) is 0 Å². The van der Waals surface area contributed by atoms with Crippen molar-refractivity contribution in [2.75, 3.05) is 26.7 Å². The van der Waals surface area contributed by atoms with Crippen molar-refractivity contribution in [3.05, 3.63) is 0 Å². The Morgan fingerprint density at radius 1 is 1.35 bits per heavy atom. The van der Waals surface area contributed by atoms with Gasteiger partial charge in [-0.05, 0) is 26.3 Å². The fourth-order valence-corrected chi connectivity index (χ4v) is 3.11. The molecule has 1 atom stereocenters. The van der Waals surface area contributed by atoms with Crippen molar-refractivity contribution >= 4 is 5.91 Å². The Labute approximate surface area is 104 Å². The van der Waals surface area contributed by atoms with Gasteiger partial charge in [0.05, 0.1) is 5.54 Å². The van der Waals surface area contributed by atoms with Crippen molar-refractivity contribution in [3.8, 4) is 0 Å². The molecule has 4 nitrogen and oxygen atoms in total. The second kappa shape index (κ2) is 4.94. The lowest BCUT2D eigenvalue weighted by atomic mass is 9.96. The van der Waals surface area contributed by atoms with Crippen molar-refractivity contribution in [2.24, 2.45) is 5.73 Å². The maximum atomic E-state index is 12.5. The lowest BCUT2D eigenvalue weighted by molar-refractivity contribution is -0.139. The number of hydrogen-bond donors (Lipinski definition) is 1. The summed E-state index contributed by atoms with van der Waals surface area (Å²) in [4.78, 5) is 16.8. The highest BCUT2D eigenvalue weighted by Gasteiger charge is 2.41. The molecule has 1 heterocycles. The quantitative estimate of drug-likeness (QED) is 0.776. The van der Waals surface area contributed by atoms with Gasteiger partial charge in [-0.3, -0.25) is 9.69 Å². The van der Waals surface area contributed by atoms with Crippen LogP contribution >= 0.6 is 0 Å². The third-order valence-corrected chi connectivity index (χ3v) is 4.46. The number of nitrogens with two attached hydrogens (primary N) is 1. The highest BCUT2D eigenvalue weighted by molar-refractivity contribution is 5.86. The minimum absolute atomic E-state index is 0.196. The molecule has 17 heavy (non-hydrogen) atoms. The van der Waals surface area contributed by atoms with Gasteiger partial charge in [-0.15, -0.1) is 0 Å². The molecule has 4 heteroatoms. The van der Waals surface area contributed by atoms with Gasteiger partial charge in [-0.25, -0.2) is 0 Å². The van der Waals surface area contributed by atoms with E-state index in [4.69, 9.17) is 5.73 Å². The van der Waals surface area contributed by atoms with Crippen LogP contribution in [-0.2, 0) is 4.79 Å². The van der Waals surface area contributed by atoms with E-state index in [-0.39, 0.29) is 5.91 Å². The number of amides is 1. The molecule has 0 radical (unpaired) electrons. The van der Waals surface area contributed by atoms with Crippen molar-refractivity contribution in [1.29, 1.82) is 0 Å². The summed E-state index contributed by atoms with van der Waals surface area (Å²) in [5.74, 6) is 0.196. The first-order valence-corrected chi connectivity index (χ1v) is 6.85. The summed E-state index contributed by atoms with van der Waals surface area (Å²) < 4.78 is 0. The van der Waals surface area contributed by atoms with Crippen LogP contribution in [-0.4, -0.2) is 54.0 Å². The molecule has 1 saturated carbocycles. The number of hydrogen-bond acceptors (Lipinski definition) is 3. The molecule has 1 amide bonds. The molecule has 0 spiro atoms. The molecule has 1 aliphatic carbocycles. The average Bonchev–Trinajstić information content (AvgIpc) is 2.77. The molecular weight excluding hydrogens is 214 g/mol. The zero-order valence-corrected chi connectivity index (χ0v) is 11.1. The number of rotatable bonds is 2. The Kier molecular flexibility index (Phi) is 3.73. The zero-order valence-electron chi connectivity index (χ0n) is 11.1. The fourth-order valence-electron chi connectivity index (χ4n) is 3.11. The molecule has 98 valence electrons. The number of piperazine rings is 1. The summed E-state index contributed by atoms with van der Waals surface area (Å²) in [6, 6.07) is 0.498. The topological polar surface area (TPSA) is 49.6 Å². The molecule has 2 aliphatic rings. The van der Waals surface area contributed by atoms with E-state index < -0.39 is 5.54 Å². The fraction of sp³-hybridized carbons (Fsp3) is 0.923. The monoisotopic (exact) mass is 239 g/mol. The predicted octanol–water partition coefficient (Wildman–Crippen LogP) is 0.811. The van der Waals surface area contributed by atoms with E-state index in [1.54, 1.807) is 0 Å². The van der Waals surface area contributed by atoms with Gasteiger partial charge < -0.3 is 10.6 Å². The van der Waals surface area contributed by atoms with Gasteiger partial charge in [-0.1, -0.05) is 19.8 Å². The summed E-state index contributed by atoms with van der Waals surface area (Å²) in [6.45, 7) is 4.85. The van der Waals surface area contributed by atoms with Crippen molar-refractivity contribution < 1.29 is 4.79 Å². The van der Waals surface area contributed by atoms with E-state index in [9.17, 15) is 4.79 Å². The zero-order chi connectivity index (χ0) is 12.5. The number of carbonyl (C=O) groups is 1. The molecular formula is C13H25N3O. The summed E-state index contributed by atoms with van der Waals surface area (Å²) >= 11 is 0. The smallest absolute Gasteiger partial charge is 0.242 e. The van der Waals surface area contributed by atoms with E-state index in [0.717, 1.165) is 51.7 Å². The first-order chi connectivity index (χ1) is 8.07. The minimum atomic E-state index is -0.547. The Morgan fingerprint density at radius 3 is 2.59 bits per heavy atom. The number of nitrogens with zero attached hydrogens (tertiary/aromatic N) is 2. The van der Waals surface area contributed by atoms with Crippen LogP contribution in [0.15, 0.2) is 0 Å². The lowest BCUT2D eigenvalue weighted by Crippen LogP contribution is -2.60. The largest absolute Gasteiger partial charge is 0.338 e. The van der Waals surface area contributed by atoms with E-state index in [1.807, 2.05) is 4.90 Å². The normalized spacial score (nSPS) is 29.6. The molecule has 1 aliphatic heterocycles. The lowest BCUT2D eigenvalue weighted by Gasteiger charge is -2.41. The van der Waals surface area contributed by atoms with Gasteiger partial charge in [-0.2, -0.15) is 0 Å². The molecule has 0 aromatic carbocycles. The Morgan fingerprint density at radius 2 is 2.00 bits per heavy atom. The minimum Gasteiger partial charge on any atom is -0.338 e. The van der Waals surface area contributed by atoms with Crippen LogP contribution in [0.2, 0.25) is 0 Å². The molecule has 0 aromatic heterocycles. The standard InChI is InChI=1S/C13H25N3O/c1-3-11-10-16(9-8-15(11)2)12(17)13(14)6-4-5-7-13/h11H,3-10,14H2,1-2H3. The van der Waals surface area contributed by atoms with Crippen LogP contribution in [0.25, 0.3) is 0 Å². The van der Waals surface area contributed by atoms with Crippen LogP contribution < -0.4 is 5.73 Å². The Hall–Kier alpha value is -0.610. The van der Waals surface area contributed by atoms with Crippen molar-refractivity contribution in [3.63, 3.8) is 0 Å². The highest BCUT2D eigenvalue weighted by Crippen LogP contribution is 2.29. The average molecular weight is 239 g/mol. The molecule has 0 bridgehead atoms. The molecule has 0 aromatic rings. The summed E-state index contributed by atoms with van der Waals surface area (Å²) in [7, 11) is 2.14. The Bertz CT molecular complexity index is 286. The SMILES string of the molecule is CCC1CN(C(=O)C2(N)CCCC2)CCN1C. The van der Waals surface area contributed by atoms with Gasteiger partial charge >= 0.3 is 0 Å². The third kappa shape index (κ3) is 2.47. The maximum absolute atomic E-state index is 12.5. The van der Waals surface area contributed by atoms with E-state index >= 15 is 0 Å². The van der Waals surface area contributed by atoms with E-state index in [1.165, 1.54) is 0 Å². The maximum Gasteiger partial charge on any atom is 0.242 e. The van der Waals surface area contributed by atoms with E-state index in [2.05, 4.69) is 18.9 Å². The molecule has 2 N–H and O–H groups in total. The second-order valence-electron chi connectivity index (χ2n) is 5.66. The summed E-state index contributed by atoms with van der Waals surface area (Å²) in [6.07, 6.45) is 5.04. The first-order valence-electron chi connectivity index (χ1n) is 6.85. The van der Waals surface area contributed by atoms with Crippen LogP contribution in [0, 0.1) is 0 Å².